The third-order valence-corrected chi connectivity index (χ3v) is 3.19. The molecule has 0 spiro atoms. The first-order valence-corrected chi connectivity index (χ1v) is 6.02. The lowest BCUT2D eigenvalue weighted by Crippen LogP contribution is -2.30. The summed E-state index contributed by atoms with van der Waals surface area (Å²) in [5.74, 6) is 0.132. The Morgan fingerprint density at radius 3 is 2.93 bits per heavy atom. The van der Waals surface area contributed by atoms with E-state index in [1.165, 1.54) is 12.3 Å². The highest BCUT2D eigenvalue weighted by molar-refractivity contribution is 7.89. The smallest absolute Gasteiger partial charge is 0.257 e. The molecule has 86 valence electrons. The van der Waals surface area contributed by atoms with E-state index in [2.05, 4.69) is 14.9 Å². The molecular weight excluding hydrogens is 218 g/mol. The summed E-state index contributed by atoms with van der Waals surface area (Å²) < 4.78 is 30.5. The number of hydrogen-bond donors (Lipinski definition) is 2. The highest BCUT2D eigenvalue weighted by atomic mass is 32.2. The summed E-state index contributed by atoms with van der Waals surface area (Å²) in [7, 11) is -1.87. The van der Waals surface area contributed by atoms with E-state index >= 15 is 0 Å². The fourth-order valence-corrected chi connectivity index (χ4v) is 2.14. The summed E-state index contributed by atoms with van der Waals surface area (Å²) in [5, 5.41) is 6.06. The van der Waals surface area contributed by atoms with Crippen molar-refractivity contribution < 1.29 is 13.2 Å². The minimum absolute atomic E-state index is 0.0760. The van der Waals surface area contributed by atoms with Crippen LogP contribution in [0.4, 0.5) is 0 Å². The number of methoxy groups -OCH3 is 1. The van der Waals surface area contributed by atoms with E-state index in [4.69, 9.17) is 4.74 Å². The van der Waals surface area contributed by atoms with Crippen LogP contribution in [0.15, 0.2) is 17.3 Å². The topological polar surface area (TPSA) is 84.1 Å². The van der Waals surface area contributed by atoms with Crippen molar-refractivity contribution in [2.45, 2.75) is 11.9 Å². The molecule has 0 fully saturated rings. The van der Waals surface area contributed by atoms with Crippen LogP contribution >= 0.6 is 0 Å². The molecular formula is C8H15N3O3S. The van der Waals surface area contributed by atoms with Gasteiger partial charge in [0, 0.05) is 20.3 Å². The van der Waals surface area contributed by atoms with Crippen molar-refractivity contribution in [2.75, 3.05) is 20.3 Å². The lowest BCUT2D eigenvalue weighted by atomic mass is 10.2. The Labute approximate surface area is 89.1 Å². The van der Waals surface area contributed by atoms with Gasteiger partial charge in [-0.15, -0.1) is 0 Å². The molecule has 1 unspecified atom stereocenters. The first kappa shape index (κ1) is 12.2. The summed E-state index contributed by atoms with van der Waals surface area (Å²) in [6, 6.07) is 1.41. The van der Waals surface area contributed by atoms with Gasteiger partial charge in [-0.2, -0.15) is 5.10 Å². The van der Waals surface area contributed by atoms with E-state index in [9.17, 15) is 8.42 Å². The number of sulfonamides is 1. The minimum Gasteiger partial charge on any atom is -0.384 e. The van der Waals surface area contributed by atoms with Gasteiger partial charge in [0.05, 0.1) is 6.20 Å². The molecule has 0 saturated carbocycles. The molecule has 1 heterocycles. The fraction of sp³-hybridized carbons (Fsp3) is 0.625. The number of H-pyrrole nitrogens is 1. The monoisotopic (exact) mass is 233 g/mol. The molecule has 0 amide bonds. The molecule has 6 nitrogen and oxygen atoms in total. The van der Waals surface area contributed by atoms with Crippen LogP contribution in [0.25, 0.3) is 0 Å². The highest BCUT2D eigenvalue weighted by Crippen LogP contribution is 2.03. The lowest BCUT2D eigenvalue weighted by Gasteiger charge is -2.10. The first-order chi connectivity index (χ1) is 7.06. The van der Waals surface area contributed by atoms with Gasteiger partial charge in [-0.05, 0) is 12.0 Å². The number of hydrogen-bond acceptors (Lipinski definition) is 4. The van der Waals surface area contributed by atoms with E-state index < -0.39 is 10.0 Å². The van der Waals surface area contributed by atoms with Crippen molar-refractivity contribution in [1.29, 1.82) is 0 Å². The van der Waals surface area contributed by atoms with E-state index in [-0.39, 0.29) is 10.9 Å². The zero-order chi connectivity index (χ0) is 11.3. The second-order valence-corrected chi connectivity index (χ2v) is 5.07. The second-order valence-electron chi connectivity index (χ2n) is 3.33. The van der Waals surface area contributed by atoms with Crippen LogP contribution in [-0.4, -0.2) is 38.9 Å². The van der Waals surface area contributed by atoms with Crippen LogP contribution in [0.5, 0.6) is 0 Å². The maximum Gasteiger partial charge on any atom is 0.257 e. The summed E-state index contributed by atoms with van der Waals surface area (Å²) in [6.07, 6.45) is 1.40. The van der Waals surface area contributed by atoms with Crippen molar-refractivity contribution in [3.8, 4) is 0 Å². The molecule has 2 N–H and O–H groups in total. The van der Waals surface area contributed by atoms with Crippen molar-refractivity contribution in [2.24, 2.45) is 5.92 Å². The molecule has 0 aliphatic rings. The fourth-order valence-electron chi connectivity index (χ4n) is 1.07. The van der Waals surface area contributed by atoms with E-state index in [1.54, 1.807) is 7.11 Å². The molecule has 1 rings (SSSR count). The molecule has 0 saturated heterocycles. The predicted molar refractivity (Wildman–Crippen MR) is 54.8 cm³/mol. The van der Waals surface area contributed by atoms with E-state index in [0.717, 1.165) is 0 Å². The summed E-state index contributed by atoms with van der Waals surface area (Å²) in [5.41, 5.74) is 0. The van der Waals surface area contributed by atoms with Crippen molar-refractivity contribution in [3.05, 3.63) is 12.3 Å². The largest absolute Gasteiger partial charge is 0.384 e. The van der Waals surface area contributed by atoms with E-state index in [1.807, 2.05) is 6.92 Å². The summed E-state index contributed by atoms with van der Waals surface area (Å²) in [6.45, 7) is 2.76. The van der Waals surface area contributed by atoms with Crippen LogP contribution in [0.1, 0.15) is 6.92 Å². The SMILES string of the molecule is COCC(C)CNS(=O)(=O)c1ccn[nH]1. The normalized spacial score (nSPS) is 14.0. The van der Waals surface area contributed by atoms with Gasteiger partial charge in [-0.3, -0.25) is 5.10 Å². The van der Waals surface area contributed by atoms with Crippen LogP contribution in [-0.2, 0) is 14.8 Å². The summed E-state index contributed by atoms with van der Waals surface area (Å²) in [4.78, 5) is 0. The lowest BCUT2D eigenvalue weighted by molar-refractivity contribution is 0.161. The van der Waals surface area contributed by atoms with Gasteiger partial charge in [0.1, 0.15) is 0 Å². The van der Waals surface area contributed by atoms with Gasteiger partial charge in [-0.25, -0.2) is 13.1 Å². The molecule has 1 aromatic rings. The quantitative estimate of drug-likeness (QED) is 0.722. The second kappa shape index (κ2) is 5.24. The number of rotatable bonds is 6. The van der Waals surface area contributed by atoms with Crippen LogP contribution in [0.3, 0.4) is 0 Å². The van der Waals surface area contributed by atoms with Crippen molar-refractivity contribution in [1.82, 2.24) is 14.9 Å². The maximum absolute atomic E-state index is 11.6. The van der Waals surface area contributed by atoms with Crippen LogP contribution in [0.2, 0.25) is 0 Å². The highest BCUT2D eigenvalue weighted by Gasteiger charge is 2.15. The van der Waals surface area contributed by atoms with Gasteiger partial charge < -0.3 is 4.74 Å². The Morgan fingerprint density at radius 2 is 2.40 bits per heavy atom. The van der Waals surface area contributed by atoms with Gasteiger partial charge in [0.15, 0.2) is 5.03 Å². The third-order valence-electron chi connectivity index (χ3n) is 1.84. The number of nitrogens with one attached hydrogen (secondary N) is 2. The Hall–Kier alpha value is -0.920. The molecule has 0 radical (unpaired) electrons. The molecule has 0 aliphatic heterocycles. The van der Waals surface area contributed by atoms with Crippen molar-refractivity contribution >= 4 is 10.0 Å². The van der Waals surface area contributed by atoms with E-state index in [0.29, 0.717) is 13.2 Å². The number of aromatic amines is 1. The van der Waals surface area contributed by atoms with Crippen LogP contribution < -0.4 is 4.72 Å². The zero-order valence-corrected chi connectivity index (χ0v) is 9.54. The number of nitrogens with zero attached hydrogens (tertiary/aromatic N) is 1. The van der Waals surface area contributed by atoms with Gasteiger partial charge in [0.2, 0.25) is 0 Å². The predicted octanol–water partition coefficient (Wildman–Crippen LogP) is -0.0295. The maximum atomic E-state index is 11.6. The Bertz CT molecular complexity index is 374. The molecule has 15 heavy (non-hydrogen) atoms. The minimum atomic E-state index is -3.45. The average molecular weight is 233 g/mol. The molecule has 7 heteroatoms. The zero-order valence-electron chi connectivity index (χ0n) is 8.73. The molecule has 0 aliphatic carbocycles. The Kier molecular flexibility index (Phi) is 4.25. The van der Waals surface area contributed by atoms with Crippen LogP contribution in [0, 0.1) is 5.92 Å². The Balaban J connectivity index is 2.52. The van der Waals surface area contributed by atoms with Crippen molar-refractivity contribution in [3.63, 3.8) is 0 Å². The number of ether oxygens (including phenoxy) is 1. The first-order valence-electron chi connectivity index (χ1n) is 4.54. The van der Waals surface area contributed by atoms with Gasteiger partial charge in [-0.1, -0.05) is 6.92 Å². The molecule has 0 aromatic carbocycles. The van der Waals surface area contributed by atoms with Gasteiger partial charge in [0.25, 0.3) is 10.0 Å². The molecule has 1 aromatic heterocycles. The van der Waals surface area contributed by atoms with Gasteiger partial charge >= 0.3 is 0 Å². The standard InChI is InChI=1S/C8H15N3O3S/c1-7(6-14-2)5-10-15(12,13)8-3-4-9-11-8/h3-4,7,10H,5-6H2,1-2H3,(H,9,11). The molecule has 0 bridgehead atoms. The average Bonchev–Trinajstić information content (AvgIpc) is 2.69. The number of aromatic nitrogens is 2. The summed E-state index contributed by atoms with van der Waals surface area (Å²) >= 11 is 0. The molecule has 1 atom stereocenters. The third kappa shape index (κ3) is 3.61. The Morgan fingerprint density at radius 1 is 1.67 bits per heavy atom.